The Kier molecular flexibility index (Phi) is 4.26. The predicted octanol–water partition coefficient (Wildman–Crippen LogP) is 4.82. The summed E-state index contributed by atoms with van der Waals surface area (Å²) < 4.78 is 0. The lowest BCUT2D eigenvalue weighted by atomic mass is 9.81. The second kappa shape index (κ2) is 5.92. The maximum atomic E-state index is 3.31. The van der Waals surface area contributed by atoms with Crippen molar-refractivity contribution in [2.75, 3.05) is 12.4 Å². The summed E-state index contributed by atoms with van der Waals surface area (Å²) in [5.41, 5.74) is 5.31. The van der Waals surface area contributed by atoms with Crippen molar-refractivity contribution < 1.29 is 0 Å². The fourth-order valence-corrected chi connectivity index (χ4v) is 2.69. The third-order valence-electron chi connectivity index (χ3n) is 3.67. The number of hydrogen-bond acceptors (Lipinski definition) is 1. The van der Waals surface area contributed by atoms with Crippen LogP contribution in [0.4, 0.5) is 5.69 Å². The van der Waals surface area contributed by atoms with Crippen LogP contribution in [-0.2, 0) is 0 Å². The summed E-state index contributed by atoms with van der Waals surface area (Å²) >= 11 is 0. The highest BCUT2D eigenvalue weighted by Gasteiger charge is 2.20. The quantitative estimate of drug-likeness (QED) is 0.823. The lowest BCUT2D eigenvalue weighted by molar-refractivity contribution is 0.565. The van der Waals surface area contributed by atoms with Gasteiger partial charge in [0.1, 0.15) is 0 Å². The molecule has 0 heterocycles. The van der Waals surface area contributed by atoms with E-state index >= 15 is 0 Å². The van der Waals surface area contributed by atoms with Crippen LogP contribution in [0.15, 0.2) is 48.5 Å². The van der Waals surface area contributed by atoms with Crippen molar-refractivity contribution in [1.29, 1.82) is 0 Å². The van der Waals surface area contributed by atoms with E-state index in [1.54, 1.807) is 0 Å². The molecular weight excluding hydrogens is 230 g/mol. The third-order valence-corrected chi connectivity index (χ3v) is 3.67. The van der Waals surface area contributed by atoms with Crippen LogP contribution in [0.3, 0.4) is 0 Å². The largest absolute Gasteiger partial charge is 0.388 e. The van der Waals surface area contributed by atoms with Crippen molar-refractivity contribution in [1.82, 2.24) is 0 Å². The molecule has 0 spiro atoms. The van der Waals surface area contributed by atoms with Gasteiger partial charge in [-0.25, -0.2) is 0 Å². The molecule has 0 saturated heterocycles. The molecule has 0 fully saturated rings. The van der Waals surface area contributed by atoms with Crippen molar-refractivity contribution in [3.63, 3.8) is 0 Å². The van der Waals surface area contributed by atoms with E-state index in [1.165, 1.54) is 22.4 Å². The van der Waals surface area contributed by atoms with Gasteiger partial charge in [0.25, 0.3) is 0 Å². The van der Waals surface area contributed by atoms with Gasteiger partial charge in [-0.15, -0.1) is 0 Å². The first-order valence-corrected chi connectivity index (χ1v) is 6.96. The van der Waals surface area contributed by atoms with Gasteiger partial charge < -0.3 is 5.32 Å². The molecule has 1 N–H and O–H groups in total. The van der Waals surface area contributed by atoms with Gasteiger partial charge in [0.05, 0.1) is 0 Å². The van der Waals surface area contributed by atoms with Crippen LogP contribution in [0.2, 0.25) is 0 Å². The molecule has 1 atom stereocenters. The molecule has 0 aliphatic heterocycles. The minimum Gasteiger partial charge on any atom is -0.388 e. The van der Waals surface area contributed by atoms with Crippen molar-refractivity contribution in [2.24, 2.45) is 5.92 Å². The summed E-state index contributed by atoms with van der Waals surface area (Å²) in [5, 5.41) is 3.31. The normalized spacial score (nSPS) is 12.5. The lowest BCUT2D eigenvalue weighted by Crippen LogP contribution is -2.11. The van der Waals surface area contributed by atoms with Crippen molar-refractivity contribution in [3.05, 3.63) is 65.2 Å². The van der Waals surface area contributed by atoms with Crippen molar-refractivity contribution >= 4 is 5.69 Å². The first-order valence-electron chi connectivity index (χ1n) is 6.96. The van der Waals surface area contributed by atoms with E-state index in [4.69, 9.17) is 0 Å². The van der Waals surface area contributed by atoms with E-state index in [0.29, 0.717) is 11.8 Å². The molecule has 19 heavy (non-hydrogen) atoms. The molecule has 0 radical (unpaired) electrons. The molecule has 2 aromatic rings. The third kappa shape index (κ3) is 2.98. The second-order valence-corrected chi connectivity index (χ2v) is 5.47. The summed E-state index contributed by atoms with van der Waals surface area (Å²) in [6, 6.07) is 17.5. The van der Waals surface area contributed by atoms with Gasteiger partial charge >= 0.3 is 0 Å². The number of anilines is 1. The zero-order chi connectivity index (χ0) is 13.8. The Morgan fingerprint density at radius 1 is 0.895 bits per heavy atom. The molecule has 1 heteroatoms. The summed E-state index contributed by atoms with van der Waals surface area (Å²) in [5.74, 6) is 1.00. The molecular formula is C18H23N. The molecule has 2 aromatic carbocycles. The topological polar surface area (TPSA) is 12.0 Å². The van der Waals surface area contributed by atoms with Gasteiger partial charge in [0.2, 0.25) is 0 Å². The van der Waals surface area contributed by atoms with Crippen LogP contribution in [0.25, 0.3) is 0 Å². The highest BCUT2D eigenvalue weighted by molar-refractivity contribution is 5.55. The Morgan fingerprint density at radius 2 is 1.53 bits per heavy atom. The molecule has 0 unspecified atom stereocenters. The molecule has 0 aromatic heterocycles. The summed E-state index contributed by atoms with van der Waals surface area (Å²) in [7, 11) is 1.99. The van der Waals surface area contributed by atoms with Gasteiger partial charge in [-0.3, -0.25) is 0 Å². The zero-order valence-corrected chi connectivity index (χ0v) is 12.3. The number of para-hydroxylation sites is 1. The standard InChI is InChI=1S/C18H23N/c1-13(2)18(15-11-9-14(3)10-12-15)16-7-5-6-8-17(16)19-4/h5-13,18-19H,1-4H3/t18-/m1/s1. The zero-order valence-electron chi connectivity index (χ0n) is 12.3. The second-order valence-electron chi connectivity index (χ2n) is 5.47. The van der Waals surface area contributed by atoms with E-state index in [2.05, 4.69) is 74.6 Å². The van der Waals surface area contributed by atoms with Gasteiger partial charge in [-0.05, 0) is 30.0 Å². The Balaban J connectivity index is 2.48. The first-order chi connectivity index (χ1) is 9.13. The molecule has 100 valence electrons. The molecule has 0 saturated carbocycles. The van der Waals surface area contributed by atoms with Gasteiger partial charge in [-0.2, -0.15) is 0 Å². The Morgan fingerprint density at radius 3 is 2.11 bits per heavy atom. The first kappa shape index (κ1) is 13.7. The van der Waals surface area contributed by atoms with E-state index in [-0.39, 0.29) is 0 Å². The van der Waals surface area contributed by atoms with Crippen molar-refractivity contribution in [3.8, 4) is 0 Å². The maximum absolute atomic E-state index is 3.31. The minimum atomic E-state index is 0.434. The molecule has 2 rings (SSSR count). The van der Waals surface area contributed by atoms with Crippen LogP contribution < -0.4 is 5.32 Å². The summed E-state index contributed by atoms with van der Waals surface area (Å²) in [6.07, 6.45) is 0. The molecule has 0 amide bonds. The fraction of sp³-hybridized carbons (Fsp3) is 0.333. The number of rotatable bonds is 4. The number of nitrogens with one attached hydrogen (secondary N) is 1. The van der Waals surface area contributed by atoms with E-state index in [9.17, 15) is 0 Å². The SMILES string of the molecule is CNc1ccccc1[C@@H](c1ccc(C)cc1)C(C)C. The van der Waals surface area contributed by atoms with Crippen LogP contribution in [-0.4, -0.2) is 7.05 Å². The van der Waals surface area contributed by atoms with Gasteiger partial charge in [0.15, 0.2) is 0 Å². The smallest absolute Gasteiger partial charge is 0.0376 e. The molecule has 1 nitrogen and oxygen atoms in total. The Bertz CT molecular complexity index is 526. The van der Waals surface area contributed by atoms with E-state index in [1.807, 2.05) is 7.05 Å². The monoisotopic (exact) mass is 253 g/mol. The summed E-state index contributed by atoms with van der Waals surface area (Å²) in [6.45, 7) is 6.71. The number of benzene rings is 2. The number of hydrogen-bond donors (Lipinski definition) is 1. The highest BCUT2D eigenvalue weighted by atomic mass is 14.8. The maximum Gasteiger partial charge on any atom is 0.0376 e. The van der Waals surface area contributed by atoms with Gasteiger partial charge in [-0.1, -0.05) is 61.9 Å². The predicted molar refractivity (Wildman–Crippen MR) is 83.8 cm³/mol. The highest BCUT2D eigenvalue weighted by Crippen LogP contribution is 2.35. The van der Waals surface area contributed by atoms with E-state index < -0.39 is 0 Å². The van der Waals surface area contributed by atoms with Gasteiger partial charge in [0, 0.05) is 18.7 Å². The molecule has 0 bridgehead atoms. The van der Waals surface area contributed by atoms with Crippen LogP contribution in [0.5, 0.6) is 0 Å². The van der Waals surface area contributed by atoms with E-state index in [0.717, 1.165) is 0 Å². The minimum absolute atomic E-state index is 0.434. The van der Waals surface area contributed by atoms with Crippen LogP contribution in [0, 0.1) is 12.8 Å². The van der Waals surface area contributed by atoms with Crippen LogP contribution in [0.1, 0.15) is 36.5 Å². The summed E-state index contributed by atoms with van der Waals surface area (Å²) in [4.78, 5) is 0. The van der Waals surface area contributed by atoms with Crippen LogP contribution >= 0.6 is 0 Å². The Labute approximate surface area is 116 Å². The molecule has 0 aliphatic carbocycles. The molecule has 0 aliphatic rings. The fourth-order valence-electron chi connectivity index (χ4n) is 2.69. The average molecular weight is 253 g/mol. The average Bonchev–Trinajstić information content (AvgIpc) is 2.41. The van der Waals surface area contributed by atoms with Crippen molar-refractivity contribution in [2.45, 2.75) is 26.7 Å². The Hall–Kier alpha value is -1.76. The lowest BCUT2D eigenvalue weighted by Gasteiger charge is -2.24. The number of aryl methyl sites for hydroxylation is 1.